The van der Waals surface area contributed by atoms with Gasteiger partial charge in [0.15, 0.2) is 12.1 Å². The number of hydrogen-bond donors (Lipinski definition) is 12. The van der Waals surface area contributed by atoms with Crippen LogP contribution in [0.15, 0.2) is 85.1 Å². The molecule has 0 radical (unpaired) electrons. The Labute approximate surface area is 655 Å². The second-order valence-electron chi connectivity index (χ2n) is 27.1. The van der Waals surface area contributed by atoms with Crippen LogP contribution in [-0.2, 0) is 99.6 Å². The van der Waals surface area contributed by atoms with E-state index in [-0.39, 0.29) is 64.6 Å². The third-order valence-electron chi connectivity index (χ3n) is 17.9. The molecule has 1 amide bonds. The molecule has 644 valence electrons. The van der Waals surface area contributed by atoms with Crippen LogP contribution in [0.25, 0.3) is 0 Å². The smallest absolute Gasteiger partial charge is 0.308 e. The maximum Gasteiger partial charge on any atom is 0.308 e. The summed E-state index contributed by atoms with van der Waals surface area (Å²) in [6.45, 7) is 18.8. The average Bonchev–Trinajstić information content (AvgIpc) is 0.783. The lowest BCUT2D eigenvalue weighted by Gasteiger charge is -2.46. The molecule has 3 rings (SSSR count). The number of allylic oxidation sites excluding steroid dienone is 12. The highest BCUT2D eigenvalue weighted by molar-refractivity contribution is 5.80. The van der Waals surface area contributed by atoms with Gasteiger partial charge >= 0.3 is 5.97 Å². The molecule has 0 unspecified atom stereocenters. The van der Waals surface area contributed by atoms with Gasteiger partial charge in [-0.25, -0.2) is 0 Å². The van der Waals surface area contributed by atoms with Gasteiger partial charge in [-0.1, -0.05) is 98.9 Å². The van der Waals surface area contributed by atoms with Gasteiger partial charge in [-0.05, 0) is 33.1 Å². The molecule has 3 heterocycles. The van der Waals surface area contributed by atoms with E-state index in [9.17, 15) is 60.7 Å². The first-order chi connectivity index (χ1) is 53.7. The van der Waals surface area contributed by atoms with Crippen LogP contribution in [-0.4, -0.2) is 366 Å². The van der Waals surface area contributed by atoms with Gasteiger partial charge in [-0.3, -0.25) is 9.59 Å². The monoisotopic (exact) mass is 1600 g/mol. The van der Waals surface area contributed by atoms with E-state index in [0.29, 0.717) is 165 Å². The second-order valence-corrected chi connectivity index (χ2v) is 27.1. The molecule has 0 aromatic heterocycles. The number of carbonyl (C=O) groups is 2. The Balaban J connectivity index is 1.39. The van der Waals surface area contributed by atoms with Gasteiger partial charge in [-0.15, -0.1) is 0 Å². The highest BCUT2D eigenvalue weighted by Gasteiger charge is 2.51. The van der Waals surface area contributed by atoms with Gasteiger partial charge < -0.3 is 152 Å². The number of nitrogens with one attached hydrogen (secondary N) is 1. The van der Waals surface area contributed by atoms with E-state index >= 15 is 0 Å². The molecule has 2 saturated heterocycles. The van der Waals surface area contributed by atoms with Crippen LogP contribution >= 0.6 is 0 Å². The zero-order valence-corrected chi connectivity index (χ0v) is 66.0. The van der Waals surface area contributed by atoms with Gasteiger partial charge in [0.2, 0.25) is 5.91 Å². The maximum atomic E-state index is 14.2. The SMILES string of the molecule is COCCOCCOCCOCCOCCOCCOCCOCCOCCOCCOCCOCCOCCOCCOCCNC(=O)[C@H]1[C@@H]2C[C@@H](O[C@@H]3O[C@H](C)[C@@H](O)[C@H](N)[C@@H]3O)/C=C/C=C/C=C/C=C/C=C/C=C/C=C/[C@H](C)[C@@H](O)[C@@H](C)[C@H](C)OC(=O)C[C@H](O)C[C@H](O)CC[C@@H](O)[C@H](O)C[C@H](O)C[C@](O)(C[C@@H]1O)O2. The molecule has 19 atom stereocenters. The number of carbonyl (C=O) groups excluding carboxylic acids is 2. The van der Waals surface area contributed by atoms with Gasteiger partial charge in [0.05, 0.1) is 277 Å². The van der Waals surface area contributed by atoms with Gasteiger partial charge in [-0.2, -0.15) is 0 Å². The summed E-state index contributed by atoms with van der Waals surface area (Å²) in [6, 6.07) is -1.17. The fourth-order valence-corrected chi connectivity index (χ4v) is 11.5. The van der Waals surface area contributed by atoms with Gasteiger partial charge in [0.1, 0.15) is 12.2 Å². The quantitative estimate of drug-likeness (QED) is 0.0293. The van der Waals surface area contributed by atoms with Crippen molar-refractivity contribution in [1.82, 2.24) is 5.32 Å². The molecule has 3 aliphatic heterocycles. The second kappa shape index (κ2) is 65.0. The van der Waals surface area contributed by atoms with Crippen LogP contribution in [0.3, 0.4) is 0 Å². The standard InChI is InChI=1S/C78H136N2O31/c1-58-18-16-14-12-10-8-6-7-9-11-13-15-17-19-65(110-77-75(90)72(79)74(89)61(4)109-77)55-69-71(68(86)57-78(92,111-69)56-64(83)53-67(85)66(84)21-20-62(81)52-63(82)54-70(87)108-60(3)59(2)73(58)88)76(91)80-22-23-94-26-27-96-30-31-98-34-35-100-38-39-102-42-43-104-46-47-106-50-51-107-49-48-105-45-44-103-41-40-101-37-36-99-33-32-97-29-28-95-25-24-93-5/h6-19,58-69,71-75,77,81-86,88-90,92H,20-57,79H2,1-5H3,(H,80,91)/b7-6+,10-8+,11-9+,14-12+,15-13+,18-16+,19-17+/t58-,59-,60-,61+,62+,63+,64-,65-,66+,67+,68-,69-,71+,72-,73+,74+,75-,77-,78+/m0/s1. The molecular weight excluding hydrogens is 1460 g/mol. The van der Waals surface area contributed by atoms with Crippen LogP contribution in [0, 0.1) is 17.8 Å². The Morgan fingerprint density at radius 2 is 0.847 bits per heavy atom. The van der Waals surface area contributed by atoms with Crippen LogP contribution in [0.1, 0.15) is 79.1 Å². The highest BCUT2D eigenvalue weighted by atomic mass is 16.7. The number of cyclic esters (lactones) is 1. The molecule has 111 heavy (non-hydrogen) atoms. The van der Waals surface area contributed by atoms with E-state index in [4.69, 9.17) is 95.7 Å². The largest absolute Gasteiger partial charge is 0.462 e. The number of methoxy groups -OCH3 is 1. The lowest BCUT2D eigenvalue weighted by molar-refractivity contribution is -0.307. The third-order valence-corrected chi connectivity index (χ3v) is 17.9. The predicted molar refractivity (Wildman–Crippen MR) is 406 cm³/mol. The molecule has 0 aromatic carbocycles. The van der Waals surface area contributed by atoms with E-state index in [2.05, 4.69) is 5.32 Å². The summed E-state index contributed by atoms with van der Waals surface area (Å²) in [5, 5.41) is 114. The number of fused-ring (bicyclic) bond motifs is 2. The average molecular weight is 1600 g/mol. The summed E-state index contributed by atoms with van der Waals surface area (Å²) in [5.41, 5.74) is 6.18. The summed E-state index contributed by atoms with van der Waals surface area (Å²) < 4.78 is 106. The minimum absolute atomic E-state index is 0.0109. The third kappa shape index (κ3) is 49.6. The van der Waals surface area contributed by atoms with Crippen molar-refractivity contribution in [2.75, 3.05) is 205 Å². The number of aliphatic hydroxyl groups is 10. The normalized spacial score (nSPS) is 31.6. The summed E-state index contributed by atoms with van der Waals surface area (Å²) in [4.78, 5) is 27.0. The highest BCUT2D eigenvalue weighted by Crippen LogP contribution is 2.38. The summed E-state index contributed by atoms with van der Waals surface area (Å²) in [7, 11) is 1.63. The van der Waals surface area contributed by atoms with Crippen molar-refractivity contribution in [3.05, 3.63) is 85.1 Å². The van der Waals surface area contributed by atoms with E-state index < -0.39 is 147 Å². The molecule has 0 aliphatic carbocycles. The lowest BCUT2D eigenvalue weighted by atomic mass is 9.82. The number of amides is 1. The molecule has 0 spiro atoms. The van der Waals surface area contributed by atoms with Crippen molar-refractivity contribution < 1.29 is 151 Å². The van der Waals surface area contributed by atoms with Crippen LogP contribution in [0.2, 0.25) is 0 Å². The first kappa shape index (κ1) is 101. The zero-order chi connectivity index (χ0) is 81.0. The summed E-state index contributed by atoms with van der Waals surface area (Å²) in [5.74, 6) is -5.90. The van der Waals surface area contributed by atoms with E-state index in [0.717, 1.165) is 0 Å². The number of esters is 1. The van der Waals surface area contributed by atoms with Gasteiger partial charge in [0, 0.05) is 51.2 Å². The van der Waals surface area contributed by atoms with Crippen molar-refractivity contribution in [2.24, 2.45) is 23.5 Å². The predicted octanol–water partition coefficient (Wildman–Crippen LogP) is 0.622. The molecule has 0 saturated carbocycles. The molecule has 3 aliphatic rings. The topological polar surface area (TPSA) is 450 Å². The first-order valence-corrected chi connectivity index (χ1v) is 39.0. The Morgan fingerprint density at radius 3 is 1.27 bits per heavy atom. The zero-order valence-electron chi connectivity index (χ0n) is 66.0. The number of ether oxygens (including phenoxy) is 19. The number of aliphatic hydroxyl groups excluding tert-OH is 9. The van der Waals surface area contributed by atoms with Crippen molar-refractivity contribution in [3.63, 3.8) is 0 Å². The first-order valence-electron chi connectivity index (χ1n) is 39.0. The number of nitrogens with two attached hydrogens (primary N) is 1. The van der Waals surface area contributed by atoms with E-state index in [1.807, 2.05) is 37.3 Å². The van der Waals surface area contributed by atoms with Crippen molar-refractivity contribution in [2.45, 2.75) is 177 Å². The van der Waals surface area contributed by atoms with E-state index in [1.54, 1.807) is 82.6 Å². The Kier molecular flexibility index (Phi) is 59.3. The fourth-order valence-electron chi connectivity index (χ4n) is 11.5. The number of rotatable bonds is 48. The van der Waals surface area contributed by atoms with Crippen molar-refractivity contribution in [1.29, 1.82) is 0 Å². The van der Waals surface area contributed by atoms with Gasteiger partial charge in [0.25, 0.3) is 0 Å². The minimum atomic E-state index is -2.34. The van der Waals surface area contributed by atoms with Crippen molar-refractivity contribution in [3.8, 4) is 0 Å². The van der Waals surface area contributed by atoms with Crippen LogP contribution < -0.4 is 11.1 Å². The maximum absolute atomic E-state index is 14.2. The molecule has 33 heteroatoms. The van der Waals surface area contributed by atoms with Crippen LogP contribution in [0.5, 0.6) is 0 Å². The summed E-state index contributed by atoms with van der Waals surface area (Å²) in [6.07, 6.45) is 3.71. The minimum Gasteiger partial charge on any atom is -0.462 e. The van der Waals surface area contributed by atoms with Crippen molar-refractivity contribution >= 4 is 11.9 Å². The molecule has 2 fully saturated rings. The molecular formula is C78H136N2O31. The summed E-state index contributed by atoms with van der Waals surface area (Å²) >= 11 is 0. The fraction of sp³-hybridized carbons (Fsp3) is 0.795. The van der Waals surface area contributed by atoms with Crippen LogP contribution in [0.4, 0.5) is 0 Å². The molecule has 0 aromatic rings. The molecule has 13 N–H and O–H groups in total. The number of hydrogen-bond acceptors (Lipinski definition) is 32. The van der Waals surface area contributed by atoms with E-state index in [1.165, 1.54) is 0 Å². The Hall–Kier alpha value is -4.04. The molecule has 2 bridgehead atoms. The Bertz CT molecular complexity index is 2500. The lowest BCUT2D eigenvalue weighted by Crippen LogP contribution is -2.62. The molecule has 33 nitrogen and oxygen atoms in total. The Morgan fingerprint density at radius 1 is 0.450 bits per heavy atom.